The molecule has 1 aliphatic carbocycles. The molecule has 122 valence electrons. The Morgan fingerprint density at radius 1 is 1.30 bits per heavy atom. The molecular weight excluding hydrogens is 298 g/mol. The molecule has 7 heteroatoms. The van der Waals surface area contributed by atoms with Crippen LogP contribution in [0.3, 0.4) is 0 Å². The highest BCUT2D eigenvalue weighted by Crippen LogP contribution is 2.33. The molecule has 0 bridgehead atoms. The Balaban J connectivity index is 1.92. The number of aromatic nitrogens is 2. The van der Waals surface area contributed by atoms with Crippen LogP contribution in [0.4, 0.5) is 0 Å². The molecule has 0 aliphatic heterocycles. The lowest BCUT2D eigenvalue weighted by atomic mass is 9.76. The van der Waals surface area contributed by atoms with Crippen LogP contribution in [0.5, 0.6) is 0 Å². The smallest absolute Gasteiger partial charge is 0.329 e. The summed E-state index contributed by atoms with van der Waals surface area (Å²) in [6, 6.07) is 3.52. The van der Waals surface area contributed by atoms with Crippen molar-refractivity contribution in [1.29, 1.82) is 0 Å². The Bertz CT molecular complexity index is 783. The van der Waals surface area contributed by atoms with Gasteiger partial charge in [0.05, 0.1) is 5.56 Å². The highest BCUT2D eigenvalue weighted by atomic mass is 16.5. The summed E-state index contributed by atoms with van der Waals surface area (Å²) >= 11 is 0. The van der Waals surface area contributed by atoms with E-state index in [2.05, 4.69) is 10.5 Å². The van der Waals surface area contributed by atoms with Gasteiger partial charge in [-0.3, -0.25) is 9.36 Å². The predicted molar refractivity (Wildman–Crippen MR) is 81.7 cm³/mol. The maximum atomic E-state index is 12.5. The minimum atomic E-state index is -1.12. The second-order valence-corrected chi connectivity index (χ2v) is 6.11. The highest BCUT2D eigenvalue weighted by molar-refractivity contribution is 5.99. The van der Waals surface area contributed by atoms with Crippen LogP contribution in [-0.2, 0) is 4.79 Å². The van der Waals surface area contributed by atoms with Gasteiger partial charge in [0.25, 0.3) is 5.91 Å². The quantitative estimate of drug-likeness (QED) is 0.900. The van der Waals surface area contributed by atoms with E-state index in [1.54, 1.807) is 26.0 Å². The number of carboxylic acids is 1. The molecule has 2 aromatic rings. The van der Waals surface area contributed by atoms with Gasteiger partial charge in [-0.05, 0) is 46.1 Å². The third kappa shape index (κ3) is 2.42. The molecule has 2 aromatic heterocycles. The van der Waals surface area contributed by atoms with Gasteiger partial charge in [-0.15, -0.1) is 0 Å². The summed E-state index contributed by atoms with van der Waals surface area (Å²) in [5.74, 6) is -0.0596. The molecule has 2 N–H and O–H groups in total. The highest BCUT2D eigenvalue weighted by Gasteiger charge is 2.46. The van der Waals surface area contributed by atoms with Gasteiger partial charge in [-0.2, -0.15) is 0 Å². The van der Waals surface area contributed by atoms with Gasteiger partial charge in [0, 0.05) is 17.5 Å². The van der Waals surface area contributed by atoms with E-state index in [9.17, 15) is 14.7 Å². The lowest BCUT2D eigenvalue weighted by Gasteiger charge is -2.38. The Morgan fingerprint density at radius 2 is 2.00 bits per heavy atom. The molecule has 0 aromatic carbocycles. The Labute approximate surface area is 133 Å². The van der Waals surface area contributed by atoms with Gasteiger partial charge in [0.2, 0.25) is 0 Å². The molecule has 2 heterocycles. The molecule has 23 heavy (non-hydrogen) atoms. The number of carboxylic acid groups (broad SMARTS) is 1. The standard InChI is InChI=1S/C16H19N3O4/c1-9-7-12(11(3)19(9)13-8-10(2)23-18-13)14(20)17-16(15(21)22)5-4-6-16/h7-8H,4-6H2,1-3H3,(H,17,20)(H,21,22). The van der Waals surface area contributed by atoms with E-state index < -0.39 is 11.5 Å². The summed E-state index contributed by atoms with van der Waals surface area (Å²) in [5.41, 5.74) is 0.868. The fourth-order valence-electron chi connectivity index (χ4n) is 3.01. The van der Waals surface area contributed by atoms with E-state index in [0.29, 0.717) is 35.7 Å². The van der Waals surface area contributed by atoms with E-state index in [4.69, 9.17) is 4.52 Å². The number of aliphatic carboxylic acids is 1. The van der Waals surface area contributed by atoms with Crippen LogP contribution < -0.4 is 5.32 Å². The van der Waals surface area contributed by atoms with Gasteiger partial charge < -0.3 is 14.9 Å². The summed E-state index contributed by atoms with van der Waals surface area (Å²) in [4.78, 5) is 24.0. The molecule has 0 atom stereocenters. The van der Waals surface area contributed by atoms with Crippen LogP contribution in [0.25, 0.3) is 5.82 Å². The van der Waals surface area contributed by atoms with Crippen molar-refractivity contribution in [1.82, 2.24) is 15.0 Å². The van der Waals surface area contributed by atoms with Crippen LogP contribution in [0.2, 0.25) is 0 Å². The topological polar surface area (TPSA) is 97.4 Å². The zero-order valence-corrected chi connectivity index (χ0v) is 13.3. The number of aryl methyl sites for hydroxylation is 2. The molecule has 0 unspecified atom stereocenters. The fourth-order valence-corrected chi connectivity index (χ4v) is 3.01. The molecule has 7 nitrogen and oxygen atoms in total. The Hall–Kier alpha value is -2.57. The Kier molecular flexibility index (Phi) is 3.50. The van der Waals surface area contributed by atoms with Crippen molar-refractivity contribution in [3.63, 3.8) is 0 Å². The molecular formula is C16H19N3O4. The average molecular weight is 317 g/mol. The monoisotopic (exact) mass is 317 g/mol. The first-order valence-corrected chi connectivity index (χ1v) is 7.52. The maximum Gasteiger partial charge on any atom is 0.329 e. The summed E-state index contributed by atoms with van der Waals surface area (Å²) in [7, 11) is 0. The lowest BCUT2D eigenvalue weighted by molar-refractivity contribution is -0.148. The molecule has 1 amide bonds. The molecule has 3 rings (SSSR count). The second kappa shape index (κ2) is 5.26. The summed E-state index contributed by atoms with van der Waals surface area (Å²) in [6.07, 6.45) is 1.74. The molecule has 0 saturated heterocycles. The minimum absolute atomic E-state index is 0.369. The van der Waals surface area contributed by atoms with Crippen LogP contribution in [0.15, 0.2) is 16.7 Å². The summed E-state index contributed by atoms with van der Waals surface area (Å²) < 4.78 is 6.91. The average Bonchev–Trinajstić information content (AvgIpc) is 2.97. The number of amides is 1. The minimum Gasteiger partial charge on any atom is -0.480 e. The van der Waals surface area contributed by atoms with Crippen LogP contribution in [0, 0.1) is 20.8 Å². The van der Waals surface area contributed by atoms with Crippen molar-refractivity contribution in [2.24, 2.45) is 0 Å². The molecule has 1 fully saturated rings. The predicted octanol–water partition coefficient (Wildman–Crippen LogP) is 2.13. The SMILES string of the molecule is Cc1cc(-n2c(C)cc(C(=O)NC3(C(=O)O)CCC3)c2C)no1. The molecule has 0 radical (unpaired) electrons. The van der Waals surface area contributed by atoms with Crippen molar-refractivity contribution < 1.29 is 19.2 Å². The van der Waals surface area contributed by atoms with Crippen molar-refractivity contribution in [3.05, 3.63) is 34.8 Å². The van der Waals surface area contributed by atoms with Gasteiger partial charge in [0.15, 0.2) is 5.82 Å². The van der Waals surface area contributed by atoms with E-state index in [0.717, 1.165) is 12.1 Å². The number of nitrogens with zero attached hydrogens (tertiary/aromatic N) is 2. The lowest BCUT2D eigenvalue weighted by Crippen LogP contribution is -2.59. The van der Waals surface area contributed by atoms with Gasteiger partial charge in [-0.1, -0.05) is 5.16 Å². The Morgan fingerprint density at radius 3 is 2.48 bits per heavy atom. The molecule has 0 spiro atoms. The van der Waals surface area contributed by atoms with Gasteiger partial charge in [0.1, 0.15) is 11.3 Å². The van der Waals surface area contributed by atoms with E-state index in [1.165, 1.54) is 0 Å². The van der Waals surface area contributed by atoms with Gasteiger partial charge in [-0.25, -0.2) is 4.79 Å². The number of carbonyl (C=O) groups excluding carboxylic acids is 1. The van der Waals surface area contributed by atoms with Crippen molar-refractivity contribution >= 4 is 11.9 Å². The van der Waals surface area contributed by atoms with Gasteiger partial charge >= 0.3 is 5.97 Å². The normalized spacial score (nSPS) is 16.0. The third-order valence-corrected chi connectivity index (χ3v) is 4.49. The maximum absolute atomic E-state index is 12.5. The second-order valence-electron chi connectivity index (χ2n) is 6.11. The summed E-state index contributed by atoms with van der Waals surface area (Å²) in [6.45, 7) is 5.47. The number of hydrogen-bond donors (Lipinski definition) is 2. The fraction of sp³-hybridized carbons (Fsp3) is 0.438. The first kappa shape index (κ1) is 15.3. The van der Waals surface area contributed by atoms with Crippen molar-refractivity contribution in [2.45, 2.75) is 45.6 Å². The van der Waals surface area contributed by atoms with Crippen LogP contribution >= 0.6 is 0 Å². The first-order chi connectivity index (χ1) is 10.8. The summed E-state index contributed by atoms with van der Waals surface area (Å²) in [5, 5.41) is 16.0. The molecule has 1 saturated carbocycles. The zero-order chi connectivity index (χ0) is 16.8. The molecule has 1 aliphatic rings. The van der Waals surface area contributed by atoms with Crippen molar-refractivity contribution in [3.8, 4) is 5.82 Å². The van der Waals surface area contributed by atoms with E-state index in [-0.39, 0.29) is 5.91 Å². The van der Waals surface area contributed by atoms with E-state index in [1.807, 2.05) is 11.5 Å². The number of hydrogen-bond acceptors (Lipinski definition) is 4. The zero-order valence-electron chi connectivity index (χ0n) is 13.3. The van der Waals surface area contributed by atoms with Crippen LogP contribution in [-0.4, -0.2) is 32.2 Å². The number of nitrogens with one attached hydrogen (secondary N) is 1. The van der Waals surface area contributed by atoms with E-state index >= 15 is 0 Å². The number of rotatable bonds is 4. The van der Waals surface area contributed by atoms with Crippen LogP contribution in [0.1, 0.15) is 46.8 Å². The van der Waals surface area contributed by atoms with Crippen molar-refractivity contribution in [2.75, 3.05) is 0 Å². The third-order valence-electron chi connectivity index (χ3n) is 4.49. The number of carbonyl (C=O) groups is 2. The largest absolute Gasteiger partial charge is 0.480 e. The first-order valence-electron chi connectivity index (χ1n) is 7.52.